The van der Waals surface area contributed by atoms with Crippen molar-refractivity contribution in [2.45, 2.75) is 37.6 Å². The largest absolute Gasteiger partial charge is 0.486 e. The predicted molar refractivity (Wildman–Crippen MR) is 133 cm³/mol. The summed E-state index contributed by atoms with van der Waals surface area (Å²) in [7, 11) is -4.31. The number of ether oxygens (including phenoxy) is 2. The van der Waals surface area contributed by atoms with Gasteiger partial charge in [-0.15, -0.1) is 0 Å². The van der Waals surface area contributed by atoms with Gasteiger partial charge in [-0.1, -0.05) is 6.07 Å². The van der Waals surface area contributed by atoms with Crippen LogP contribution in [0.5, 0.6) is 11.5 Å². The van der Waals surface area contributed by atoms with E-state index in [1.165, 1.54) is 25.1 Å². The number of carbonyl (C=O) groups is 2. The topological polar surface area (TPSA) is 199 Å². The molecule has 3 rings (SSSR count). The second-order valence-corrected chi connectivity index (χ2v) is 9.62. The average Bonchev–Trinajstić information content (AvgIpc) is 2.81. The number of pyridine rings is 1. The van der Waals surface area contributed by atoms with Crippen LogP contribution in [-0.4, -0.2) is 57.4 Å². The molecule has 0 saturated heterocycles. The van der Waals surface area contributed by atoms with Gasteiger partial charge < -0.3 is 30.7 Å². The Bertz CT molecular complexity index is 1330. The summed E-state index contributed by atoms with van der Waals surface area (Å²) in [4.78, 5) is 44.7. The van der Waals surface area contributed by atoms with Crippen LogP contribution in [0, 0.1) is 6.92 Å². The molecule has 0 aliphatic carbocycles. The second kappa shape index (κ2) is 11.1. The number of aldehydes is 1. The van der Waals surface area contributed by atoms with E-state index in [0.717, 1.165) is 4.90 Å². The first-order valence-electron chi connectivity index (χ1n) is 11.0. The Balaban J connectivity index is 2.04. The number of H-pyrrole nitrogens is 1. The van der Waals surface area contributed by atoms with Crippen LogP contribution in [0.15, 0.2) is 38.9 Å². The normalized spacial score (nSPS) is 13.4. The van der Waals surface area contributed by atoms with Crippen LogP contribution in [-0.2, 0) is 19.6 Å². The Morgan fingerprint density at radius 2 is 2.03 bits per heavy atom. The van der Waals surface area contributed by atoms with Gasteiger partial charge in [0.15, 0.2) is 17.5 Å². The lowest BCUT2D eigenvalue weighted by Crippen LogP contribution is -2.44. The van der Waals surface area contributed by atoms with Crippen LogP contribution in [0.25, 0.3) is 0 Å². The standard InChI is InChI=1S/C22H28N6O7S/c1-13-11-16(27-36(32,33)18-7-3-6-17-20(18)35-10-9-34-17)19(21(31)26-13)28(14(2)30)15(12-29)5-4-8-25-22(23)24/h3,6-7,11-12,15H,4-5,8-10H2,1-2H3,(H4,23,24,25)(H2,26,27,31)/t15-/m0/s1. The van der Waals surface area contributed by atoms with Crippen molar-refractivity contribution in [1.29, 1.82) is 0 Å². The monoisotopic (exact) mass is 520 g/mol. The zero-order chi connectivity index (χ0) is 26.5. The maximum Gasteiger partial charge on any atom is 0.274 e. The number of aromatic nitrogens is 1. The quantitative estimate of drug-likeness (QED) is 0.146. The van der Waals surface area contributed by atoms with Crippen LogP contribution < -0.4 is 36.1 Å². The summed E-state index contributed by atoms with van der Waals surface area (Å²) in [6.07, 6.45) is 0.952. The number of guanidine groups is 1. The zero-order valence-corrected chi connectivity index (χ0v) is 20.6. The van der Waals surface area contributed by atoms with E-state index in [1.54, 1.807) is 13.0 Å². The highest BCUT2D eigenvalue weighted by Gasteiger charge is 2.31. The number of nitrogens with zero attached hydrogens (tertiary/aromatic N) is 2. The first-order chi connectivity index (χ1) is 17.0. The fourth-order valence-electron chi connectivity index (χ4n) is 3.78. The van der Waals surface area contributed by atoms with Gasteiger partial charge in [0.05, 0.1) is 11.7 Å². The van der Waals surface area contributed by atoms with Crippen molar-refractivity contribution in [3.05, 3.63) is 40.3 Å². The number of hydrogen-bond acceptors (Lipinski definition) is 8. The summed E-state index contributed by atoms with van der Waals surface area (Å²) in [5.41, 5.74) is 9.69. The zero-order valence-electron chi connectivity index (χ0n) is 19.8. The Hall–Kier alpha value is -4.07. The third-order valence-corrected chi connectivity index (χ3v) is 6.62. The molecule has 0 fully saturated rings. The molecule has 0 radical (unpaired) electrons. The molecule has 194 valence electrons. The van der Waals surface area contributed by atoms with Crippen molar-refractivity contribution in [3.8, 4) is 11.5 Å². The summed E-state index contributed by atoms with van der Waals surface area (Å²) < 4.78 is 40.1. The maximum absolute atomic E-state index is 13.4. The van der Waals surface area contributed by atoms with Crippen molar-refractivity contribution >= 4 is 39.6 Å². The number of aliphatic imine (C=N–C) groups is 1. The Morgan fingerprint density at radius 1 is 1.31 bits per heavy atom. The predicted octanol–water partition coefficient (Wildman–Crippen LogP) is 0.229. The first-order valence-corrected chi connectivity index (χ1v) is 12.5. The molecule has 1 aliphatic heterocycles. The fraction of sp³-hybridized carbons (Fsp3) is 0.364. The average molecular weight is 521 g/mol. The van der Waals surface area contributed by atoms with Gasteiger partial charge in [0.2, 0.25) is 5.91 Å². The molecule has 0 saturated carbocycles. The summed E-state index contributed by atoms with van der Waals surface area (Å²) in [5.74, 6) is -0.463. The van der Waals surface area contributed by atoms with E-state index in [0.29, 0.717) is 18.4 Å². The first kappa shape index (κ1) is 26.5. The van der Waals surface area contributed by atoms with E-state index >= 15 is 0 Å². The molecular weight excluding hydrogens is 492 g/mol. The van der Waals surface area contributed by atoms with Gasteiger partial charge in [0, 0.05) is 19.2 Å². The van der Waals surface area contributed by atoms with Crippen LogP contribution >= 0.6 is 0 Å². The molecule has 2 heterocycles. The number of nitrogens with two attached hydrogens (primary N) is 2. The van der Waals surface area contributed by atoms with Gasteiger partial charge in [-0.05, 0) is 38.0 Å². The van der Waals surface area contributed by atoms with E-state index in [2.05, 4.69) is 14.7 Å². The molecule has 1 atom stereocenters. The van der Waals surface area contributed by atoms with Crippen LogP contribution in [0.1, 0.15) is 25.5 Å². The number of sulfonamides is 1. The second-order valence-electron chi connectivity index (χ2n) is 7.97. The van der Waals surface area contributed by atoms with Gasteiger partial charge in [-0.25, -0.2) is 8.42 Å². The number of aryl methyl sites for hydroxylation is 1. The van der Waals surface area contributed by atoms with E-state index in [1.807, 2.05) is 0 Å². The molecule has 36 heavy (non-hydrogen) atoms. The minimum absolute atomic E-state index is 0.0355. The Labute approximate surface area is 207 Å². The molecule has 1 aliphatic rings. The molecule has 14 heteroatoms. The number of aromatic amines is 1. The molecule has 6 N–H and O–H groups in total. The number of anilines is 2. The van der Waals surface area contributed by atoms with Crippen LogP contribution in [0.4, 0.5) is 11.4 Å². The highest BCUT2D eigenvalue weighted by atomic mass is 32.2. The molecule has 0 spiro atoms. The molecule has 0 unspecified atom stereocenters. The number of hydrogen-bond donors (Lipinski definition) is 4. The lowest BCUT2D eigenvalue weighted by atomic mass is 10.1. The van der Waals surface area contributed by atoms with Crippen LogP contribution in [0.3, 0.4) is 0 Å². The molecule has 2 aromatic rings. The molecule has 0 bridgehead atoms. The Morgan fingerprint density at radius 3 is 2.69 bits per heavy atom. The lowest BCUT2D eigenvalue weighted by Gasteiger charge is -2.28. The van der Waals surface area contributed by atoms with Crippen molar-refractivity contribution in [2.24, 2.45) is 16.5 Å². The van der Waals surface area contributed by atoms with Gasteiger partial charge in [-0.2, -0.15) is 0 Å². The van der Waals surface area contributed by atoms with E-state index in [4.69, 9.17) is 20.9 Å². The molecule has 1 aromatic heterocycles. The van der Waals surface area contributed by atoms with Gasteiger partial charge >= 0.3 is 0 Å². The third kappa shape index (κ3) is 5.94. The number of rotatable bonds is 10. The molecule has 1 aromatic carbocycles. The van der Waals surface area contributed by atoms with Crippen molar-refractivity contribution in [2.75, 3.05) is 29.4 Å². The number of nitrogens with one attached hydrogen (secondary N) is 2. The number of amides is 1. The van der Waals surface area contributed by atoms with E-state index in [9.17, 15) is 22.8 Å². The molecule has 13 nitrogen and oxygen atoms in total. The van der Waals surface area contributed by atoms with Crippen LogP contribution in [0.2, 0.25) is 0 Å². The van der Waals surface area contributed by atoms with Gasteiger partial charge in [0.25, 0.3) is 15.6 Å². The number of benzene rings is 1. The maximum atomic E-state index is 13.4. The minimum atomic E-state index is -4.31. The SMILES string of the molecule is CC(=O)N(c1c(NS(=O)(=O)c2cccc3c2OCCO3)cc(C)[nH]c1=O)[C@H](C=O)CCCN=C(N)N. The summed E-state index contributed by atoms with van der Waals surface area (Å²) in [5, 5.41) is 0. The molecule has 1 amide bonds. The van der Waals surface area contributed by atoms with Gasteiger partial charge in [0.1, 0.15) is 30.1 Å². The Kier molecular flexibility index (Phi) is 8.19. The van der Waals surface area contributed by atoms with Crippen molar-refractivity contribution in [1.82, 2.24) is 4.98 Å². The number of carbonyl (C=O) groups excluding carboxylic acids is 2. The number of para-hydroxylation sites is 1. The highest BCUT2D eigenvalue weighted by Crippen LogP contribution is 2.38. The van der Waals surface area contributed by atoms with Crippen molar-refractivity contribution in [3.63, 3.8) is 0 Å². The van der Waals surface area contributed by atoms with E-state index in [-0.39, 0.29) is 59.9 Å². The summed E-state index contributed by atoms with van der Waals surface area (Å²) in [6.45, 7) is 3.35. The minimum Gasteiger partial charge on any atom is -0.486 e. The highest BCUT2D eigenvalue weighted by molar-refractivity contribution is 7.92. The van der Waals surface area contributed by atoms with E-state index < -0.39 is 27.5 Å². The molecular formula is C22H28N6O7S. The third-order valence-electron chi connectivity index (χ3n) is 5.23. The fourth-order valence-corrected chi connectivity index (χ4v) is 5.00. The summed E-state index contributed by atoms with van der Waals surface area (Å²) in [6, 6.07) is 4.68. The lowest BCUT2D eigenvalue weighted by molar-refractivity contribution is -0.119. The number of fused-ring (bicyclic) bond motifs is 1. The smallest absolute Gasteiger partial charge is 0.274 e. The summed E-state index contributed by atoms with van der Waals surface area (Å²) >= 11 is 0. The van der Waals surface area contributed by atoms with Gasteiger partial charge in [-0.3, -0.25) is 24.2 Å². The van der Waals surface area contributed by atoms with Crippen molar-refractivity contribution < 1.29 is 27.5 Å².